The number of hydrogen-bond donors (Lipinski definition) is 1. The second-order valence-electron chi connectivity index (χ2n) is 7.77. The van der Waals surface area contributed by atoms with Crippen LogP contribution >= 0.6 is 27.3 Å². The van der Waals surface area contributed by atoms with E-state index in [1.807, 2.05) is 43.5 Å². The standard InChI is InChI=1S/C25H27BrFN3O2S/c1-3-12-29(25(32)28-22-6-4-5-20(26)14-22)17-24(31)30(16-23-18(2)11-13-33-23)15-19-7-9-21(27)10-8-19/h4-11,13-14H,3,12,15-17H2,1-2H3,(H,28,32). The molecule has 0 spiro atoms. The van der Waals surface area contributed by atoms with Crippen LogP contribution in [0, 0.1) is 12.7 Å². The Balaban J connectivity index is 1.76. The maximum absolute atomic E-state index is 13.4. The lowest BCUT2D eigenvalue weighted by Crippen LogP contribution is -2.44. The molecule has 3 rings (SSSR count). The van der Waals surface area contributed by atoms with E-state index in [9.17, 15) is 14.0 Å². The molecule has 0 atom stereocenters. The predicted molar refractivity (Wildman–Crippen MR) is 135 cm³/mol. The molecular formula is C25H27BrFN3O2S. The first-order valence-corrected chi connectivity index (χ1v) is 12.4. The van der Waals surface area contributed by atoms with Gasteiger partial charge in [0.05, 0.1) is 6.54 Å². The van der Waals surface area contributed by atoms with E-state index in [1.54, 1.807) is 34.4 Å². The van der Waals surface area contributed by atoms with E-state index in [0.717, 1.165) is 26.9 Å². The van der Waals surface area contributed by atoms with Crippen molar-refractivity contribution in [2.45, 2.75) is 33.4 Å². The first-order valence-electron chi connectivity index (χ1n) is 10.7. The lowest BCUT2D eigenvalue weighted by atomic mass is 10.2. The Bertz CT molecular complexity index is 1090. The number of carbonyl (C=O) groups excluding carboxylic acids is 2. The average molecular weight is 532 g/mol. The Morgan fingerprint density at radius 2 is 1.82 bits per heavy atom. The number of thiophene rings is 1. The van der Waals surface area contributed by atoms with E-state index >= 15 is 0 Å². The molecule has 0 saturated carbocycles. The summed E-state index contributed by atoms with van der Waals surface area (Å²) in [5, 5.41) is 4.87. The summed E-state index contributed by atoms with van der Waals surface area (Å²) in [5.74, 6) is -0.478. The Hall–Kier alpha value is -2.71. The van der Waals surface area contributed by atoms with E-state index in [2.05, 4.69) is 21.2 Å². The fourth-order valence-electron chi connectivity index (χ4n) is 3.34. The summed E-state index contributed by atoms with van der Waals surface area (Å²) in [4.78, 5) is 30.6. The molecule has 0 aliphatic rings. The Morgan fingerprint density at radius 3 is 2.45 bits per heavy atom. The second-order valence-corrected chi connectivity index (χ2v) is 9.68. The topological polar surface area (TPSA) is 52.7 Å². The second kappa shape index (κ2) is 12.0. The number of halogens is 2. The molecule has 1 aromatic heterocycles. The monoisotopic (exact) mass is 531 g/mol. The molecule has 3 aromatic rings. The van der Waals surface area contributed by atoms with Crippen molar-refractivity contribution in [1.82, 2.24) is 9.80 Å². The summed E-state index contributed by atoms with van der Waals surface area (Å²) < 4.78 is 14.2. The molecule has 8 heteroatoms. The molecule has 1 N–H and O–H groups in total. The number of urea groups is 1. The minimum Gasteiger partial charge on any atom is -0.332 e. The van der Waals surface area contributed by atoms with Crippen molar-refractivity contribution >= 4 is 44.9 Å². The average Bonchev–Trinajstić information content (AvgIpc) is 3.18. The van der Waals surface area contributed by atoms with Crippen LogP contribution < -0.4 is 5.32 Å². The van der Waals surface area contributed by atoms with E-state index < -0.39 is 0 Å². The Kier molecular flexibility index (Phi) is 9.03. The van der Waals surface area contributed by atoms with Crippen LogP contribution in [-0.2, 0) is 17.9 Å². The van der Waals surface area contributed by atoms with Crippen molar-refractivity contribution in [3.8, 4) is 0 Å². The quantitative estimate of drug-likeness (QED) is 0.345. The molecule has 0 bridgehead atoms. The Morgan fingerprint density at radius 1 is 1.06 bits per heavy atom. The summed E-state index contributed by atoms with van der Waals surface area (Å²) in [6.45, 7) is 5.17. The molecule has 1 heterocycles. The van der Waals surface area contributed by atoms with Gasteiger partial charge in [0.2, 0.25) is 5.91 Å². The van der Waals surface area contributed by atoms with Crippen LogP contribution in [0.3, 0.4) is 0 Å². The number of rotatable bonds is 9. The number of benzene rings is 2. The van der Waals surface area contributed by atoms with Gasteiger partial charge in [0.25, 0.3) is 0 Å². The van der Waals surface area contributed by atoms with Crippen molar-refractivity contribution in [2.75, 3.05) is 18.4 Å². The first-order chi connectivity index (χ1) is 15.9. The zero-order chi connectivity index (χ0) is 23.8. The molecule has 0 radical (unpaired) electrons. The summed E-state index contributed by atoms with van der Waals surface area (Å²) in [5.41, 5.74) is 2.61. The van der Waals surface area contributed by atoms with Gasteiger partial charge in [-0.3, -0.25) is 4.79 Å². The van der Waals surface area contributed by atoms with Gasteiger partial charge in [-0.1, -0.05) is 41.1 Å². The van der Waals surface area contributed by atoms with Gasteiger partial charge in [0.15, 0.2) is 0 Å². The minimum atomic E-state index is -0.322. The molecule has 0 aliphatic heterocycles. The molecule has 0 unspecified atom stereocenters. The van der Waals surface area contributed by atoms with Gasteiger partial charge in [-0.15, -0.1) is 11.3 Å². The molecule has 2 aromatic carbocycles. The number of amides is 3. The number of hydrogen-bond acceptors (Lipinski definition) is 3. The van der Waals surface area contributed by atoms with Crippen LogP contribution in [-0.4, -0.2) is 34.8 Å². The fraction of sp³-hybridized carbons (Fsp3) is 0.280. The van der Waals surface area contributed by atoms with Crippen molar-refractivity contribution in [3.63, 3.8) is 0 Å². The van der Waals surface area contributed by atoms with Gasteiger partial charge in [-0.2, -0.15) is 0 Å². The molecule has 0 fully saturated rings. The van der Waals surface area contributed by atoms with Crippen molar-refractivity contribution in [3.05, 3.63) is 86.3 Å². The third kappa shape index (κ3) is 7.40. The molecule has 5 nitrogen and oxygen atoms in total. The van der Waals surface area contributed by atoms with Crippen molar-refractivity contribution in [2.24, 2.45) is 0 Å². The first kappa shape index (κ1) is 24.9. The van der Waals surface area contributed by atoms with E-state index in [0.29, 0.717) is 25.3 Å². The predicted octanol–water partition coefficient (Wildman–Crippen LogP) is 6.43. The van der Waals surface area contributed by atoms with Gasteiger partial charge in [0, 0.05) is 28.1 Å². The maximum Gasteiger partial charge on any atom is 0.322 e. The van der Waals surface area contributed by atoms with Gasteiger partial charge in [-0.25, -0.2) is 9.18 Å². The molecule has 174 valence electrons. The number of anilines is 1. The van der Waals surface area contributed by atoms with Gasteiger partial charge >= 0.3 is 6.03 Å². The lowest BCUT2D eigenvalue weighted by molar-refractivity contribution is -0.133. The van der Waals surface area contributed by atoms with Crippen molar-refractivity contribution in [1.29, 1.82) is 0 Å². The van der Waals surface area contributed by atoms with Crippen LogP contribution in [0.15, 0.2) is 64.5 Å². The smallest absolute Gasteiger partial charge is 0.322 e. The van der Waals surface area contributed by atoms with E-state index in [4.69, 9.17) is 0 Å². The van der Waals surface area contributed by atoms with Crippen LogP contribution in [0.2, 0.25) is 0 Å². The number of carbonyl (C=O) groups is 2. The molecule has 3 amide bonds. The van der Waals surface area contributed by atoms with Crippen LogP contribution in [0.4, 0.5) is 14.9 Å². The Labute approximate surface area is 206 Å². The van der Waals surface area contributed by atoms with Crippen LogP contribution in [0.1, 0.15) is 29.3 Å². The molecule has 0 saturated heterocycles. The highest BCUT2D eigenvalue weighted by molar-refractivity contribution is 9.10. The van der Waals surface area contributed by atoms with E-state index in [-0.39, 0.29) is 24.3 Å². The number of nitrogens with zero attached hydrogens (tertiary/aromatic N) is 2. The zero-order valence-electron chi connectivity index (χ0n) is 18.7. The minimum absolute atomic E-state index is 0.0424. The highest BCUT2D eigenvalue weighted by Gasteiger charge is 2.22. The van der Waals surface area contributed by atoms with E-state index in [1.165, 1.54) is 17.0 Å². The van der Waals surface area contributed by atoms with Gasteiger partial charge < -0.3 is 15.1 Å². The van der Waals surface area contributed by atoms with Gasteiger partial charge in [0.1, 0.15) is 12.4 Å². The largest absolute Gasteiger partial charge is 0.332 e. The lowest BCUT2D eigenvalue weighted by Gasteiger charge is -2.28. The van der Waals surface area contributed by atoms with Gasteiger partial charge in [-0.05, 0) is 66.2 Å². The third-order valence-corrected chi connectivity index (χ3v) is 6.63. The highest BCUT2D eigenvalue weighted by Crippen LogP contribution is 2.20. The zero-order valence-corrected chi connectivity index (χ0v) is 21.1. The maximum atomic E-state index is 13.4. The highest BCUT2D eigenvalue weighted by atomic mass is 79.9. The fourth-order valence-corrected chi connectivity index (χ4v) is 4.66. The summed E-state index contributed by atoms with van der Waals surface area (Å²) in [6.07, 6.45) is 0.723. The van der Waals surface area contributed by atoms with Crippen LogP contribution in [0.5, 0.6) is 0 Å². The summed E-state index contributed by atoms with van der Waals surface area (Å²) in [7, 11) is 0. The SMILES string of the molecule is CCCN(CC(=O)N(Cc1ccc(F)cc1)Cc1sccc1C)C(=O)Nc1cccc(Br)c1. The number of aryl methyl sites for hydroxylation is 1. The summed E-state index contributed by atoms with van der Waals surface area (Å²) in [6, 6.07) is 15.2. The summed E-state index contributed by atoms with van der Waals surface area (Å²) >= 11 is 5.00. The molecule has 0 aliphatic carbocycles. The molecular weight excluding hydrogens is 505 g/mol. The van der Waals surface area contributed by atoms with Crippen molar-refractivity contribution < 1.29 is 14.0 Å². The normalized spacial score (nSPS) is 10.7. The molecule has 33 heavy (non-hydrogen) atoms. The van der Waals surface area contributed by atoms with Crippen LogP contribution in [0.25, 0.3) is 0 Å². The number of nitrogens with one attached hydrogen (secondary N) is 1. The third-order valence-electron chi connectivity index (χ3n) is 5.12.